The first-order valence-electron chi connectivity index (χ1n) is 11.0. The zero-order valence-electron chi connectivity index (χ0n) is 20.0. The van der Waals surface area contributed by atoms with E-state index in [0.29, 0.717) is 0 Å². The minimum absolute atomic E-state index is 0.0318. The van der Waals surface area contributed by atoms with E-state index in [1.165, 1.54) is 0 Å². The molecule has 0 heterocycles. The molecule has 0 aromatic rings. The molecular formula is C21H37N5O8. The smallest absolute Gasteiger partial charge is 0.326 e. The van der Waals surface area contributed by atoms with Crippen molar-refractivity contribution in [1.82, 2.24) is 16.0 Å². The van der Waals surface area contributed by atoms with E-state index in [9.17, 15) is 33.9 Å². The molecular weight excluding hydrogens is 450 g/mol. The second-order valence-corrected chi connectivity index (χ2v) is 8.99. The Morgan fingerprint density at radius 1 is 0.735 bits per heavy atom. The second kappa shape index (κ2) is 14.8. The molecule has 13 heteroatoms. The molecule has 4 unspecified atom stereocenters. The van der Waals surface area contributed by atoms with E-state index in [4.69, 9.17) is 16.6 Å². The van der Waals surface area contributed by atoms with Gasteiger partial charge in [0.15, 0.2) is 0 Å². The number of amides is 4. The van der Waals surface area contributed by atoms with Crippen LogP contribution in [0.2, 0.25) is 0 Å². The zero-order valence-corrected chi connectivity index (χ0v) is 20.0. The molecule has 0 aromatic carbocycles. The van der Waals surface area contributed by atoms with Crippen molar-refractivity contribution >= 4 is 35.6 Å². The molecule has 34 heavy (non-hydrogen) atoms. The van der Waals surface area contributed by atoms with Gasteiger partial charge in [0.05, 0.1) is 12.5 Å². The maximum absolute atomic E-state index is 13.0. The van der Waals surface area contributed by atoms with Gasteiger partial charge in [0.1, 0.15) is 18.1 Å². The molecule has 4 amide bonds. The maximum atomic E-state index is 13.0. The number of carbonyl (C=O) groups excluding carboxylic acids is 4. The Hall–Kier alpha value is -3.22. The predicted molar refractivity (Wildman–Crippen MR) is 121 cm³/mol. The Morgan fingerprint density at radius 3 is 1.50 bits per heavy atom. The third kappa shape index (κ3) is 12.7. The lowest BCUT2D eigenvalue weighted by Crippen LogP contribution is -2.57. The minimum atomic E-state index is -1.56. The number of carboxylic acid groups (broad SMARTS) is 2. The van der Waals surface area contributed by atoms with Gasteiger partial charge < -0.3 is 37.6 Å². The number of hydrogen-bond acceptors (Lipinski definition) is 7. The summed E-state index contributed by atoms with van der Waals surface area (Å²) in [6.07, 6.45) is -0.697. The van der Waals surface area contributed by atoms with Crippen molar-refractivity contribution in [2.24, 2.45) is 23.3 Å². The fourth-order valence-corrected chi connectivity index (χ4v) is 3.04. The Labute approximate surface area is 198 Å². The van der Waals surface area contributed by atoms with Gasteiger partial charge in [0.25, 0.3) is 0 Å². The lowest BCUT2D eigenvalue weighted by molar-refractivity contribution is -0.144. The van der Waals surface area contributed by atoms with Crippen molar-refractivity contribution < 1.29 is 39.0 Å². The van der Waals surface area contributed by atoms with E-state index in [1.54, 1.807) is 13.8 Å². The molecule has 0 aromatic heterocycles. The van der Waals surface area contributed by atoms with Crippen LogP contribution in [-0.2, 0) is 28.8 Å². The number of hydrogen-bond donors (Lipinski definition) is 7. The molecule has 0 aliphatic rings. The summed E-state index contributed by atoms with van der Waals surface area (Å²) in [6.45, 7) is 7.21. The summed E-state index contributed by atoms with van der Waals surface area (Å²) < 4.78 is 0. The van der Waals surface area contributed by atoms with Gasteiger partial charge in [-0.25, -0.2) is 4.79 Å². The molecule has 0 saturated carbocycles. The van der Waals surface area contributed by atoms with E-state index in [2.05, 4.69) is 16.0 Å². The Morgan fingerprint density at radius 2 is 1.15 bits per heavy atom. The van der Waals surface area contributed by atoms with Gasteiger partial charge in [-0.15, -0.1) is 0 Å². The molecule has 4 atom stereocenters. The fourth-order valence-electron chi connectivity index (χ4n) is 3.04. The van der Waals surface area contributed by atoms with Gasteiger partial charge in [0, 0.05) is 6.42 Å². The van der Waals surface area contributed by atoms with Crippen LogP contribution in [0.5, 0.6) is 0 Å². The Bertz CT molecular complexity index is 755. The maximum Gasteiger partial charge on any atom is 0.326 e. The number of carboxylic acids is 2. The summed E-state index contributed by atoms with van der Waals surface area (Å²) in [7, 11) is 0. The lowest BCUT2D eigenvalue weighted by atomic mass is 9.99. The Balaban J connectivity index is 5.50. The molecule has 0 aliphatic heterocycles. The number of nitrogens with two attached hydrogens (primary N) is 2. The van der Waals surface area contributed by atoms with Crippen molar-refractivity contribution in [1.29, 1.82) is 0 Å². The average molecular weight is 488 g/mol. The van der Waals surface area contributed by atoms with Crippen molar-refractivity contribution in [2.45, 2.75) is 84.0 Å². The van der Waals surface area contributed by atoms with Crippen LogP contribution in [0.4, 0.5) is 0 Å². The first kappa shape index (κ1) is 30.8. The van der Waals surface area contributed by atoms with Crippen molar-refractivity contribution in [3.05, 3.63) is 0 Å². The summed E-state index contributed by atoms with van der Waals surface area (Å²) in [4.78, 5) is 71.2. The second-order valence-electron chi connectivity index (χ2n) is 8.99. The molecule has 0 fully saturated rings. The van der Waals surface area contributed by atoms with Gasteiger partial charge in [-0.05, 0) is 31.1 Å². The normalized spacial score (nSPS) is 14.6. The average Bonchev–Trinajstić information content (AvgIpc) is 2.68. The molecule has 0 aliphatic carbocycles. The van der Waals surface area contributed by atoms with Gasteiger partial charge in [-0.2, -0.15) is 0 Å². The fraction of sp³-hybridized carbons (Fsp3) is 0.714. The van der Waals surface area contributed by atoms with Crippen LogP contribution in [0.25, 0.3) is 0 Å². The monoisotopic (exact) mass is 487 g/mol. The van der Waals surface area contributed by atoms with Crippen LogP contribution in [-0.4, -0.2) is 69.9 Å². The number of aliphatic carboxylic acids is 2. The summed E-state index contributed by atoms with van der Waals surface area (Å²) >= 11 is 0. The third-order valence-electron chi connectivity index (χ3n) is 4.71. The van der Waals surface area contributed by atoms with Crippen LogP contribution in [0.3, 0.4) is 0 Å². The molecule has 9 N–H and O–H groups in total. The molecule has 194 valence electrons. The van der Waals surface area contributed by atoms with E-state index in [0.717, 1.165) is 0 Å². The SMILES string of the molecule is CC(C)CC(NC(=O)C(N)CCC(=O)O)C(=O)NC(CC(C)C)C(=O)NC(CC(N)=O)C(=O)O. The highest BCUT2D eigenvalue weighted by atomic mass is 16.4. The number of nitrogens with one attached hydrogen (secondary N) is 3. The van der Waals surface area contributed by atoms with Crippen LogP contribution in [0.15, 0.2) is 0 Å². The van der Waals surface area contributed by atoms with Crippen LogP contribution in [0, 0.1) is 11.8 Å². The highest BCUT2D eigenvalue weighted by Crippen LogP contribution is 2.10. The number of primary amides is 1. The van der Waals surface area contributed by atoms with Gasteiger partial charge in [-0.3, -0.25) is 24.0 Å². The standard InChI is InChI=1S/C21H37N5O8/c1-10(2)7-13(24-18(30)12(22)5-6-17(28)29)19(31)25-14(8-11(3)4)20(32)26-15(21(33)34)9-16(23)27/h10-15H,5-9,22H2,1-4H3,(H2,23,27)(H,24,30)(H,25,31)(H,26,32)(H,28,29)(H,33,34). The van der Waals surface area contributed by atoms with Gasteiger partial charge in [-0.1, -0.05) is 27.7 Å². The first-order valence-corrected chi connectivity index (χ1v) is 11.0. The zero-order chi connectivity index (χ0) is 26.6. The van der Waals surface area contributed by atoms with Crippen LogP contribution < -0.4 is 27.4 Å². The highest BCUT2D eigenvalue weighted by Gasteiger charge is 2.31. The summed E-state index contributed by atoms with van der Waals surface area (Å²) in [5.74, 6) is -5.80. The van der Waals surface area contributed by atoms with E-state index in [1.807, 2.05) is 13.8 Å². The topological polar surface area (TPSA) is 231 Å². The molecule has 0 radical (unpaired) electrons. The van der Waals surface area contributed by atoms with E-state index in [-0.39, 0.29) is 37.5 Å². The van der Waals surface area contributed by atoms with Crippen LogP contribution in [0.1, 0.15) is 59.8 Å². The third-order valence-corrected chi connectivity index (χ3v) is 4.71. The number of rotatable bonds is 16. The molecule has 0 spiro atoms. The molecule has 0 saturated heterocycles. The van der Waals surface area contributed by atoms with Gasteiger partial charge in [0.2, 0.25) is 23.6 Å². The highest BCUT2D eigenvalue weighted by molar-refractivity contribution is 5.94. The summed E-state index contributed by atoms with van der Waals surface area (Å²) in [6, 6.07) is -4.91. The van der Waals surface area contributed by atoms with Crippen molar-refractivity contribution in [3.63, 3.8) is 0 Å². The predicted octanol–water partition coefficient (Wildman–Crippen LogP) is -1.31. The largest absolute Gasteiger partial charge is 0.481 e. The first-order chi connectivity index (χ1) is 15.6. The minimum Gasteiger partial charge on any atom is -0.481 e. The lowest BCUT2D eigenvalue weighted by Gasteiger charge is -2.26. The van der Waals surface area contributed by atoms with E-state index >= 15 is 0 Å². The van der Waals surface area contributed by atoms with Gasteiger partial charge >= 0.3 is 11.9 Å². The van der Waals surface area contributed by atoms with Crippen molar-refractivity contribution in [3.8, 4) is 0 Å². The van der Waals surface area contributed by atoms with Crippen molar-refractivity contribution in [2.75, 3.05) is 0 Å². The molecule has 13 nitrogen and oxygen atoms in total. The summed E-state index contributed by atoms with van der Waals surface area (Å²) in [5.41, 5.74) is 10.8. The summed E-state index contributed by atoms with van der Waals surface area (Å²) in [5, 5.41) is 25.2. The Kier molecular flexibility index (Phi) is 13.4. The van der Waals surface area contributed by atoms with Crippen LogP contribution >= 0.6 is 0 Å². The quantitative estimate of drug-likeness (QED) is 0.137. The molecule has 0 rings (SSSR count). The number of carbonyl (C=O) groups is 6. The molecule has 0 bridgehead atoms. The van der Waals surface area contributed by atoms with E-state index < -0.39 is 66.2 Å².